The molecule has 1 aliphatic rings. The lowest BCUT2D eigenvalue weighted by Crippen LogP contribution is -2.48. The lowest BCUT2D eigenvalue weighted by Gasteiger charge is -2.34. The van der Waals surface area contributed by atoms with Crippen molar-refractivity contribution in [3.8, 4) is 0 Å². The number of carbonyl (C=O) groups excluding carboxylic acids is 3. The van der Waals surface area contributed by atoms with Crippen molar-refractivity contribution in [1.82, 2.24) is 0 Å². The Morgan fingerprint density at radius 1 is 1.25 bits per heavy atom. The van der Waals surface area contributed by atoms with Crippen LogP contribution in [0, 0.1) is 37.5 Å². The summed E-state index contributed by atoms with van der Waals surface area (Å²) in [6, 6.07) is 0. The van der Waals surface area contributed by atoms with Gasteiger partial charge in [-0.1, -0.05) is 6.92 Å². The summed E-state index contributed by atoms with van der Waals surface area (Å²) in [4.78, 5) is 34.4. The van der Waals surface area contributed by atoms with Crippen molar-refractivity contribution >= 4 is 17.9 Å². The molecule has 1 aliphatic heterocycles. The first-order valence-electron chi connectivity index (χ1n) is 6.15. The minimum Gasteiger partial charge on any atom is -0.469 e. The Balaban J connectivity index is 2.43. The highest BCUT2D eigenvalue weighted by Gasteiger charge is 2.45. The first kappa shape index (κ1) is 16.5. The monoisotopic (exact) mass is 282 g/mol. The molecule has 0 aromatic carbocycles. The summed E-state index contributed by atoms with van der Waals surface area (Å²) in [5.74, 6) is -4.33. The fraction of sp³-hybridized carbons (Fsp3) is 0.500. The Bertz CT molecular complexity index is 367. The van der Waals surface area contributed by atoms with Gasteiger partial charge < -0.3 is 14.2 Å². The molecule has 20 heavy (non-hydrogen) atoms. The van der Waals surface area contributed by atoms with Gasteiger partial charge in [-0.15, -0.1) is 0 Å². The summed E-state index contributed by atoms with van der Waals surface area (Å²) in [5, 5.41) is 0. The van der Waals surface area contributed by atoms with Gasteiger partial charge in [0.05, 0.1) is 13.5 Å². The second-order valence-corrected chi connectivity index (χ2v) is 4.85. The second kappa shape index (κ2) is 6.72. The summed E-state index contributed by atoms with van der Waals surface area (Å²) >= 11 is 0. The SMILES string of the molecule is COC(=O)[CH][CH][CH][CH][C@@H](C)C1C(=O)OC(C)(C)OC1=O. The first-order chi connectivity index (χ1) is 9.26. The van der Waals surface area contributed by atoms with Crippen molar-refractivity contribution in [3.63, 3.8) is 0 Å². The molecule has 6 nitrogen and oxygen atoms in total. The molecule has 0 spiro atoms. The molecule has 0 bridgehead atoms. The Morgan fingerprint density at radius 3 is 2.30 bits per heavy atom. The highest BCUT2D eigenvalue weighted by atomic mass is 16.7. The molecule has 1 saturated heterocycles. The van der Waals surface area contributed by atoms with E-state index in [9.17, 15) is 14.4 Å². The molecule has 1 heterocycles. The maximum absolute atomic E-state index is 11.8. The molecule has 1 fully saturated rings. The van der Waals surface area contributed by atoms with Gasteiger partial charge in [0.15, 0.2) is 5.92 Å². The maximum Gasteiger partial charge on any atom is 0.323 e. The number of esters is 3. The minimum absolute atomic E-state index is 0.409. The van der Waals surface area contributed by atoms with E-state index in [0.29, 0.717) is 0 Å². The summed E-state index contributed by atoms with van der Waals surface area (Å²) in [6.45, 7) is 4.69. The van der Waals surface area contributed by atoms with E-state index in [0.717, 1.165) is 0 Å². The van der Waals surface area contributed by atoms with Crippen LogP contribution in [0.4, 0.5) is 0 Å². The number of unbranched alkanes of at least 4 members (excludes halogenated alkanes) is 1. The van der Waals surface area contributed by atoms with E-state index in [-0.39, 0.29) is 0 Å². The van der Waals surface area contributed by atoms with Crippen LogP contribution in [0.1, 0.15) is 20.8 Å². The zero-order chi connectivity index (χ0) is 15.3. The van der Waals surface area contributed by atoms with Crippen LogP contribution in [-0.4, -0.2) is 30.8 Å². The lowest BCUT2D eigenvalue weighted by atomic mass is 9.88. The van der Waals surface area contributed by atoms with Crippen LogP contribution >= 0.6 is 0 Å². The Labute approximate surface area is 118 Å². The van der Waals surface area contributed by atoms with E-state index in [1.165, 1.54) is 33.8 Å². The summed E-state index contributed by atoms with van der Waals surface area (Å²) in [5.41, 5.74) is 0. The predicted molar refractivity (Wildman–Crippen MR) is 68.1 cm³/mol. The van der Waals surface area contributed by atoms with Crippen LogP contribution in [0.2, 0.25) is 0 Å². The van der Waals surface area contributed by atoms with Crippen molar-refractivity contribution in [1.29, 1.82) is 0 Å². The Morgan fingerprint density at radius 2 is 1.80 bits per heavy atom. The van der Waals surface area contributed by atoms with Crippen LogP contribution in [0.3, 0.4) is 0 Å². The fourth-order valence-electron chi connectivity index (χ4n) is 1.71. The average Bonchev–Trinajstić information content (AvgIpc) is 2.31. The summed E-state index contributed by atoms with van der Waals surface area (Å²) < 4.78 is 14.5. The number of methoxy groups -OCH3 is 1. The number of cyclic esters (lactones) is 2. The molecule has 0 amide bonds. The van der Waals surface area contributed by atoms with E-state index in [2.05, 4.69) is 4.74 Å². The number of hydrogen-bond acceptors (Lipinski definition) is 6. The lowest BCUT2D eigenvalue weighted by molar-refractivity contribution is -0.241. The normalized spacial score (nSPS) is 20.0. The topological polar surface area (TPSA) is 78.9 Å². The van der Waals surface area contributed by atoms with Gasteiger partial charge in [0, 0.05) is 13.8 Å². The zero-order valence-electron chi connectivity index (χ0n) is 11.9. The highest BCUT2D eigenvalue weighted by molar-refractivity contribution is 5.97. The minimum atomic E-state index is -1.22. The number of ether oxygens (including phenoxy) is 3. The predicted octanol–water partition coefficient (Wildman–Crippen LogP) is 1.06. The standard InChI is InChI=1S/C14H18O6/c1-9(7-5-6-8-10(15)18-4)11-12(16)19-14(2,3)20-13(11)17/h5-9,11H,1-4H3/t9-/m1/s1. The molecule has 1 rings (SSSR count). The Hall–Kier alpha value is -1.59. The van der Waals surface area contributed by atoms with Gasteiger partial charge in [0.1, 0.15) is 0 Å². The third-order valence-electron chi connectivity index (χ3n) is 2.69. The summed E-state index contributed by atoms with van der Waals surface area (Å²) in [7, 11) is 1.27. The zero-order valence-corrected chi connectivity index (χ0v) is 11.9. The van der Waals surface area contributed by atoms with E-state index < -0.39 is 35.5 Å². The van der Waals surface area contributed by atoms with Crippen molar-refractivity contribution < 1.29 is 28.6 Å². The molecule has 6 heteroatoms. The van der Waals surface area contributed by atoms with E-state index in [1.807, 2.05) is 0 Å². The molecule has 0 saturated carbocycles. The molecule has 0 aromatic heterocycles. The van der Waals surface area contributed by atoms with Gasteiger partial charge >= 0.3 is 17.9 Å². The van der Waals surface area contributed by atoms with Gasteiger partial charge in [-0.3, -0.25) is 14.4 Å². The number of rotatable bonds is 6. The highest BCUT2D eigenvalue weighted by Crippen LogP contribution is 2.29. The van der Waals surface area contributed by atoms with Crippen molar-refractivity contribution in [2.75, 3.05) is 7.11 Å². The average molecular weight is 282 g/mol. The van der Waals surface area contributed by atoms with Crippen LogP contribution in [0.5, 0.6) is 0 Å². The Kier molecular flexibility index (Phi) is 5.53. The maximum atomic E-state index is 11.8. The van der Waals surface area contributed by atoms with Gasteiger partial charge in [-0.2, -0.15) is 0 Å². The first-order valence-corrected chi connectivity index (χ1v) is 6.15. The molecule has 1 atom stereocenters. The quantitative estimate of drug-likeness (QED) is 0.412. The van der Waals surface area contributed by atoms with Crippen molar-refractivity contribution in [2.45, 2.75) is 26.6 Å². The molecule has 0 aliphatic carbocycles. The van der Waals surface area contributed by atoms with Crippen LogP contribution < -0.4 is 0 Å². The van der Waals surface area contributed by atoms with Gasteiger partial charge in [-0.05, 0) is 25.2 Å². The third-order valence-corrected chi connectivity index (χ3v) is 2.69. The number of hydrogen-bond donors (Lipinski definition) is 0. The van der Waals surface area contributed by atoms with E-state index >= 15 is 0 Å². The smallest absolute Gasteiger partial charge is 0.323 e. The second-order valence-electron chi connectivity index (χ2n) is 4.85. The van der Waals surface area contributed by atoms with Crippen LogP contribution in [0.15, 0.2) is 0 Å². The van der Waals surface area contributed by atoms with Crippen LogP contribution in [-0.2, 0) is 28.6 Å². The van der Waals surface area contributed by atoms with E-state index in [4.69, 9.17) is 9.47 Å². The number of carbonyl (C=O) groups is 3. The molecule has 0 N–H and O–H groups in total. The van der Waals surface area contributed by atoms with Gasteiger partial charge in [0.2, 0.25) is 0 Å². The molecule has 110 valence electrons. The summed E-state index contributed by atoms with van der Waals surface area (Å²) in [6.07, 6.45) is 5.86. The molecule has 0 unspecified atom stereocenters. The molecular weight excluding hydrogens is 264 g/mol. The molecule has 0 aromatic rings. The fourth-order valence-corrected chi connectivity index (χ4v) is 1.71. The van der Waals surface area contributed by atoms with E-state index in [1.54, 1.807) is 19.8 Å². The van der Waals surface area contributed by atoms with Gasteiger partial charge in [0.25, 0.3) is 5.79 Å². The van der Waals surface area contributed by atoms with Crippen LogP contribution in [0.25, 0.3) is 0 Å². The molecule has 4 radical (unpaired) electrons. The van der Waals surface area contributed by atoms with Gasteiger partial charge in [-0.25, -0.2) is 0 Å². The largest absolute Gasteiger partial charge is 0.469 e. The van der Waals surface area contributed by atoms with Crippen molar-refractivity contribution in [2.24, 2.45) is 11.8 Å². The third kappa shape index (κ3) is 4.51. The van der Waals surface area contributed by atoms with Crippen molar-refractivity contribution in [3.05, 3.63) is 25.7 Å². The molecular formula is C14H18O6.